The number of hydrogen-bond donors (Lipinski definition) is 1. The van der Waals surface area contributed by atoms with Crippen LogP contribution in [0.2, 0.25) is 0 Å². The third-order valence-electron chi connectivity index (χ3n) is 2.64. The van der Waals surface area contributed by atoms with Crippen molar-refractivity contribution in [2.45, 2.75) is 25.7 Å². The normalized spacial score (nSPS) is 10.2. The van der Waals surface area contributed by atoms with Crippen molar-refractivity contribution in [1.82, 2.24) is 0 Å². The first kappa shape index (κ1) is 12.8. The van der Waals surface area contributed by atoms with Crippen LogP contribution in [0.25, 0.3) is 0 Å². The Morgan fingerprint density at radius 2 is 1.88 bits per heavy atom. The average Bonchev–Trinajstić information content (AvgIpc) is 2.34. The van der Waals surface area contributed by atoms with Gasteiger partial charge in [0.15, 0.2) is 0 Å². The highest BCUT2D eigenvalue weighted by atomic mass is 16.5. The van der Waals surface area contributed by atoms with Crippen molar-refractivity contribution in [2.24, 2.45) is 5.73 Å². The van der Waals surface area contributed by atoms with Crippen molar-refractivity contribution in [1.29, 1.82) is 0 Å². The number of benzene rings is 1. The summed E-state index contributed by atoms with van der Waals surface area (Å²) in [6.45, 7) is 0.773. The molecule has 3 heteroatoms. The highest BCUT2D eigenvalue weighted by Crippen LogP contribution is 2.25. The van der Waals surface area contributed by atoms with Crippen LogP contribution in [0.15, 0.2) is 18.2 Å². The van der Waals surface area contributed by atoms with Gasteiger partial charge in [-0.3, -0.25) is 0 Å². The maximum absolute atomic E-state index is 5.46. The summed E-state index contributed by atoms with van der Waals surface area (Å²) in [5, 5.41) is 0. The number of hydrogen-bond acceptors (Lipinski definition) is 3. The predicted molar refractivity (Wildman–Crippen MR) is 66.2 cm³/mol. The second kappa shape index (κ2) is 7.12. The molecule has 0 aliphatic rings. The lowest BCUT2D eigenvalue weighted by molar-refractivity contribution is 0.398. The molecule has 0 saturated heterocycles. The summed E-state index contributed by atoms with van der Waals surface area (Å²) in [7, 11) is 3.38. The first-order valence-corrected chi connectivity index (χ1v) is 5.72. The largest absolute Gasteiger partial charge is 0.497 e. The highest BCUT2D eigenvalue weighted by molar-refractivity contribution is 5.40. The Bertz CT molecular complexity index is 313. The van der Waals surface area contributed by atoms with Crippen LogP contribution in [0, 0.1) is 0 Å². The molecule has 0 amide bonds. The highest BCUT2D eigenvalue weighted by Gasteiger charge is 2.04. The van der Waals surface area contributed by atoms with Crippen molar-refractivity contribution in [3.8, 4) is 11.5 Å². The second-order valence-corrected chi connectivity index (χ2v) is 3.78. The lowest BCUT2D eigenvalue weighted by Crippen LogP contribution is -1.99. The zero-order valence-corrected chi connectivity index (χ0v) is 10.2. The number of unbranched alkanes of at least 4 members (excludes halogenated alkanes) is 2. The molecule has 16 heavy (non-hydrogen) atoms. The fourth-order valence-electron chi connectivity index (χ4n) is 1.71. The van der Waals surface area contributed by atoms with Gasteiger partial charge in [0.2, 0.25) is 0 Å². The van der Waals surface area contributed by atoms with Crippen LogP contribution in [0.1, 0.15) is 24.8 Å². The van der Waals surface area contributed by atoms with Crippen molar-refractivity contribution >= 4 is 0 Å². The van der Waals surface area contributed by atoms with Crippen molar-refractivity contribution < 1.29 is 9.47 Å². The van der Waals surface area contributed by atoms with E-state index in [1.807, 2.05) is 18.2 Å². The van der Waals surface area contributed by atoms with E-state index in [4.69, 9.17) is 15.2 Å². The molecule has 1 aromatic carbocycles. The average molecular weight is 223 g/mol. The Balaban J connectivity index is 2.60. The SMILES string of the molecule is COc1ccc(OC)c(CCCCCN)c1. The number of nitrogens with two attached hydrogens (primary N) is 1. The van der Waals surface area contributed by atoms with E-state index in [1.54, 1.807) is 14.2 Å². The van der Waals surface area contributed by atoms with Gasteiger partial charge in [0.05, 0.1) is 14.2 Å². The Hall–Kier alpha value is -1.22. The third-order valence-corrected chi connectivity index (χ3v) is 2.64. The first-order chi connectivity index (χ1) is 7.81. The predicted octanol–water partition coefficient (Wildman–Crippen LogP) is 2.38. The van der Waals surface area contributed by atoms with Crippen LogP contribution in [0.4, 0.5) is 0 Å². The fraction of sp³-hybridized carbons (Fsp3) is 0.538. The van der Waals surface area contributed by atoms with Gasteiger partial charge in [-0.25, -0.2) is 0 Å². The van der Waals surface area contributed by atoms with Crippen LogP contribution in [-0.4, -0.2) is 20.8 Å². The quantitative estimate of drug-likeness (QED) is 0.722. The molecule has 0 aliphatic heterocycles. The van der Waals surface area contributed by atoms with Gasteiger partial charge in [0.25, 0.3) is 0 Å². The fourth-order valence-corrected chi connectivity index (χ4v) is 1.71. The molecular formula is C13H21NO2. The minimum Gasteiger partial charge on any atom is -0.497 e. The number of rotatable bonds is 7. The lowest BCUT2D eigenvalue weighted by atomic mass is 10.1. The van der Waals surface area contributed by atoms with Gasteiger partial charge in [0.1, 0.15) is 11.5 Å². The smallest absolute Gasteiger partial charge is 0.122 e. The summed E-state index contributed by atoms with van der Waals surface area (Å²) in [5.74, 6) is 1.82. The van der Waals surface area contributed by atoms with Crippen LogP contribution in [0.3, 0.4) is 0 Å². The molecule has 0 aromatic heterocycles. The molecule has 0 aliphatic carbocycles. The molecule has 0 radical (unpaired) electrons. The third kappa shape index (κ3) is 3.74. The number of aryl methyl sites for hydroxylation is 1. The summed E-state index contributed by atoms with van der Waals surface area (Å²) < 4.78 is 10.5. The Kier molecular flexibility index (Phi) is 5.72. The molecule has 0 unspecified atom stereocenters. The zero-order chi connectivity index (χ0) is 11.8. The number of ether oxygens (including phenoxy) is 2. The van der Waals surface area contributed by atoms with Crippen LogP contribution in [-0.2, 0) is 6.42 Å². The monoisotopic (exact) mass is 223 g/mol. The maximum Gasteiger partial charge on any atom is 0.122 e. The van der Waals surface area contributed by atoms with Crippen molar-refractivity contribution in [3.63, 3.8) is 0 Å². The standard InChI is InChI=1S/C13H21NO2/c1-15-12-7-8-13(16-2)11(10-12)6-4-3-5-9-14/h7-8,10H,3-6,9,14H2,1-2H3. The van der Waals surface area contributed by atoms with E-state index in [0.717, 1.165) is 43.7 Å². The number of methoxy groups -OCH3 is 2. The second-order valence-electron chi connectivity index (χ2n) is 3.78. The molecule has 0 bridgehead atoms. The molecule has 0 heterocycles. The molecule has 0 spiro atoms. The Morgan fingerprint density at radius 3 is 2.50 bits per heavy atom. The van der Waals surface area contributed by atoms with E-state index in [9.17, 15) is 0 Å². The molecule has 3 nitrogen and oxygen atoms in total. The van der Waals surface area contributed by atoms with Gasteiger partial charge in [-0.05, 0) is 49.6 Å². The van der Waals surface area contributed by atoms with Crippen LogP contribution < -0.4 is 15.2 Å². The molecule has 90 valence electrons. The zero-order valence-electron chi connectivity index (χ0n) is 10.2. The van der Waals surface area contributed by atoms with Gasteiger partial charge in [-0.15, -0.1) is 0 Å². The van der Waals surface area contributed by atoms with Gasteiger partial charge in [0, 0.05) is 0 Å². The Labute approximate surface area is 97.6 Å². The van der Waals surface area contributed by atoms with E-state index >= 15 is 0 Å². The summed E-state index contributed by atoms with van der Waals surface area (Å²) >= 11 is 0. The van der Waals surface area contributed by atoms with E-state index in [-0.39, 0.29) is 0 Å². The molecular weight excluding hydrogens is 202 g/mol. The molecule has 0 saturated carbocycles. The van der Waals surface area contributed by atoms with Crippen LogP contribution in [0.5, 0.6) is 11.5 Å². The lowest BCUT2D eigenvalue weighted by Gasteiger charge is -2.10. The molecule has 2 N–H and O–H groups in total. The summed E-state index contributed by atoms with van der Waals surface area (Å²) in [6.07, 6.45) is 4.41. The van der Waals surface area contributed by atoms with Gasteiger partial charge < -0.3 is 15.2 Å². The summed E-state index contributed by atoms with van der Waals surface area (Å²) in [6, 6.07) is 5.92. The van der Waals surface area contributed by atoms with Crippen molar-refractivity contribution in [3.05, 3.63) is 23.8 Å². The minimum atomic E-state index is 0.773. The van der Waals surface area contributed by atoms with Gasteiger partial charge >= 0.3 is 0 Å². The van der Waals surface area contributed by atoms with E-state index in [0.29, 0.717) is 0 Å². The maximum atomic E-state index is 5.46. The minimum absolute atomic E-state index is 0.773. The molecule has 0 fully saturated rings. The van der Waals surface area contributed by atoms with Gasteiger partial charge in [-0.2, -0.15) is 0 Å². The topological polar surface area (TPSA) is 44.5 Å². The van der Waals surface area contributed by atoms with Crippen molar-refractivity contribution in [2.75, 3.05) is 20.8 Å². The van der Waals surface area contributed by atoms with E-state index in [2.05, 4.69) is 0 Å². The summed E-state index contributed by atoms with van der Waals surface area (Å²) in [4.78, 5) is 0. The Morgan fingerprint density at radius 1 is 1.06 bits per heavy atom. The first-order valence-electron chi connectivity index (χ1n) is 5.72. The van der Waals surface area contributed by atoms with E-state index < -0.39 is 0 Å². The molecule has 1 rings (SSSR count). The molecule has 0 atom stereocenters. The van der Waals surface area contributed by atoms with E-state index in [1.165, 1.54) is 5.56 Å². The van der Waals surface area contributed by atoms with Crippen LogP contribution >= 0.6 is 0 Å². The summed E-state index contributed by atoms with van der Waals surface area (Å²) in [5.41, 5.74) is 6.67. The molecule has 1 aromatic rings. The van der Waals surface area contributed by atoms with Gasteiger partial charge in [-0.1, -0.05) is 6.42 Å².